The standard InChI is InChI=1S/C9H11NO/c1-6(2)8-9(7(3)4)11-5-10-8/h5H,1,3H2,2,4H3. The molecule has 0 aliphatic heterocycles. The molecule has 0 saturated heterocycles. The van der Waals surface area contributed by atoms with Crippen LogP contribution in [0.15, 0.2) is 24.0 Å². The van der Waals surface area contributed by atoms with E-state index in [1.54, 1.807) is 0 Å². The van der Waals surface area contributed by atoms with Crippen molar-refractivity contribution in [2.24, 2.45) is 0 Å². The summed E-state index contributed by atoms with van der Waals surface area (Å²) in [5.41, 5.74) is 2.58. The summed E-state index contributed by atoms with van der Waals surface area (Å²) in [6, 6.07) is 0. The Morgan fingerprint density at radius 2 is 2.00 bits per heavy atom. The molecule has 0 aromatic carbocycles. The predicted octanol–water partition coefficient (Wildman–Crippen LogP) is 2.74. The van der Waals surface area contributed by atoms with Gasteiger partial charge in [0.15, 0.2) is 12.2 Å². The van der Waals surface area contributed by atoms with Gasteiger partial charge in [0.05, 0.1) is 0 Å². The highest BCUT2D eigenvalue weighted by Crippen LogP contribution is 2.21. The van der Waals surface area contributed by atoms with Gasteiger partial charge in [0.1, 0.15) is 5.69 Å². The van der Waals surface area contributed by atoms with E-state index in [1.807, 2.05) is 13.8 Å². The second-order valence-electron chi connectivity index (χ2n) is 2.59. The number of hydrogen-bond donors (Lipinski definition) is 0. The molecule has 2 nitrogen and oxygen atoms in total. The number of rotatable bonds is 2. The molecular weight excluding hydrogens is 138 g/mol. The first-order valence-electron chi connectivity index (χ1n) is 3.38. The minimum absolute atomic E-state index is 0.734. The number of allylic oxidation sites excluding steroid dienone is 2. The van der Waals surface area contributed by atoms with Crippen molar-refractivity contribution in [3.05, 3.63) is 31.0 Å². The topological polar surface area (TPSA) is 26.0 Å². The maximum Gasteiger partial charge on any atom is 0.182 e. The van der Waals surface area contributed by atoms with Gasteiger partial charge in [0.2, 0.25) is 0 Å². The van der Waals surface area contributed by atoms with E-state index in [0.717, 1.165) is 22.6 Å². The molecule has 1 rings (SSSR count). The molecule has 2 heteroatoms. The number of nitrogens with zero attached hydrogens (tertiary/aromatic N) is 1. The van der Waals surface area contributed by atoms with Gasteiger partial charge >= 0.3 is 0 Å². The van der Waals surface area contributed by atoms with Crippen LogP contribution in [-0.2, 0) is 0 Å². The molecule has 0 aliphatic rings. The van der Waals surface area contributed by atoms with Crippen LogP contribution >= 0.6 is 0 Å². The van der Waals surface area contributed by atoms with Crippen molar-refractivity contribution >= 4 is 11.1 Å². The predicted molar refractivity (Wildman–Crippen MR) is 45.9 cm³/mol. The van der Waals surface area contributed by atoms with Gasteiger partial charge in [-0.15, -0.1) is 0 Å². The summed E-state index contributed by atoms with van der Waals surface area (Å²) in [6.45, 7) is 11.3. The quantitative estimate of drug-likeness (QED) is 0.646. The third kappa shape index (κ3) is 1.40. The van der Waals surface area contributed by atoms with Crippen LogP contribution in [-0.4, -0.2) is 4.98 Å². The maximum absolute atomic E-state index is 5.12. The molecule has 1 aromatic heterocycles. The molecule has 0 amide bonds. The summed E-state index contributed by atoms with van der Waals surface area (Å²) in [5, 5.41) is 0. The molecule has 0 N–H and O–H groups in total. The average molecular weight is 149 g/mol. The maximum atomic E-state index is 5.12. The molecule has 1 aromatic rings. The van der Waals surface area contributed by atoms with Gasteiger partial charge in [-0.3, -0.25) is 0 Å². The van der Waals surface area contributed by atoms with Crippen LogP contribution in [0, 0.1) is 0 Å². The molecule has 58 valence electrons. The Kier molecular flexibility index (Phi) is 1.94. The second-order valence-corrected chi connectivity index (χ2v) is 2.59. The monoisotopic (exact) mass is 149 g/mol. The van der Waals surface area contributed by atoms with Crippen LogP contribution in [0.1, 0.15) is 25.3 Å². The van der Waals surface area contributed by atoms with Crippen molar-refractivity contribution in [2.75, 3.05) is 0 Å². The van der Waals surface area contributed by atoms with E-state index < -0.39 is 0 Å². The fourth-order valence-corrected chi connectivity index (χ4v) is 0.853. The van der Waals surface area contributed by atoms with Gasteiger partial charge in [-0.25, -0.2) is 4.98 Å². The molecule has 0 radical (unpaired) electrons. The fourth-order valence-electron chi connectivity index (χ4n) is 0.853. The molecule has 0 atom stereocenters. The molecule has 11 heavy (non-hydrogen) atoms. The van der Waals surface area contributed by atoms with Crippen LogP contribution < -0.4 is 0 Å². The van der Waals surface area contributed by atoms with Crippen LogP contribution in [0.4, 0.5) is 0 Å². The lowest BCUT2D eigenvalue weighted by Gasteiger charge is -1.96. The summed E-state index contributed by atoms with van der Waals surface area (Å²) in [4.78, 5) is 4.01. The minimum atomic E-state index is 0.734. The first kappa shape index (κ1) is 7.79. The van der Waals surface area contributed by atoms with Gasteiger partial charge in [0.25, 0.3) is 0 Å². The van der Waals surface area contributed by atoms with Crippen molar-refractivity contribution in [1.29, 1.82) is 0 Å². The van der Waals surface area contributed by atoms with Gasteiger partial charge < -0.3 is 4.42 Å². The summed E-state index contributed by atoms with van der Waals surface area (Å²) < 4.78 is 5.12. The van der Waals surface area contributed by atoms with Crippen molar-refractivity contribution in [3.8, 4) is 0 Å². The van der Waals surface area contributed by atoms with E-state index in [-0.39, 0.29) is 0 Å². The third-order valence-electron chi connectivity index (χ3n) is 1.36. The molecule has 1 heterocycles. The highest BCUT2D eigenvalue weighted by Gasteiger charge is 2.07. The van der Waals surface area contributed by atoms with Gasteiger partial charge in [0, 0.05) is 0 Å². The molecule has 0 spiro atoms. The SMILES string of the molecule is C=C(C)c1ncoc1C(=C)C. The zero-order chi connectivity index (χ0) is 8.43. The lowest BCUT2D eigenvalue weighted by atomic mass is 10.1. The van der Waals surface area contributed by atoms with Crippen LogP contribution in [0.5, 0.6) is 0 Å². The number of oxazole rings is 1. The van der Waals surface area contributed by atoms with Crippen LogP contribution in [0.25, 0.3) is 11.1 Å². The largest absolute Gasteiger partial charge is 0.443 e. The first-order chi connectivity index (χ1) is 5.13. The van der Waals surface area contributed by atoms with E-state index >= 15 is 0 Å². The lowest BCUT2D eigenvalue weighted by Crippen LogP contribution is -1.83. The molecule has 0 bridgehead atoms. The Morgan fingerprint density at radius 1 is 1.36 bits per heavy atom. The average Bonchev–Trinajstić information content (AvgIpc) is 2.32. The Labute approximate surface area is 66.3 Å². The first-order valence-corrected chi connectivity index (χ1v) is 3.38. The second kappa shape index (κ2) is 2.74. The highest BCUT2D eigenvalue weighted by molar-refractivity contribution is 5.70. The van der Waals surface area contributed by atoms with E-state index in [4.69, 9.17) is 4.42 Å². The van der Waals surface area contributed by atoms with E-state index in [1.165, 1.54) is 6.39 Å². The highest BCUT2D eigenvalue weighted by atomic mass is 16.3. The molecule has 0 aliphatic carbocycles. The van der Waals surface area contributed by atoms with Gasteiger partial charge in [-0.05, 0) is 25.0 Å². The van der Waals surface area contributed by atoms with E-state index in [9.17, 15) is 0 Å². The molecule has 0 fully saturated rings. The summed E-state index contributed by atoms with van der Waals surface area (Å²) in [5.74, 6) is 0.734. The lowest BCUT2D eigenvalue weighted by molar-refractivity contribution is 0.544. The Morgan fingerprint density at radius 3 is 2.36 bits per heavy atom. The fraction of sp³-hybridized carbons (Fsp3) is 0.222. The van der Waals surface area contributed by atoms with Gasteiger partial charge in [-0.1, -0.05) is 13.2 Å². The normalized spacial score (nSPS) is 9.64. The summed E-state index contributed by atoms with van der Waals surface area (Å²) in [6.07, 6.45) is 1.41. The number of aromatic nitrogens is 1. The zero-order valence-electron chi connectivity index (χ0n) is 6.85. The van der Waals surface area contributed by atoms with Crippen LogP contribution in [0.2, 0.25) is 0 Å². The molecule has 0 saturated carbocycles. The zero-order valence-corrected chi connectivity index (χ0v) is 6.85. The van der Waals surface area contributed by atoms with E-state index in [0.29, 0.717) is 0 Å². The minimum Gasteiger partial charge on any atom is -0.443 e. The molecular formula is C9H11NO. The van der Waals surface area contributed by atoms with Gasteiger partial charge in [-0.2, -0.15) is 0 Å². The van der Waals surface area contributed by atoms with Crippen molar-refractivity contribution in [2.45, 2.75) is 13.8 Å². The summed E-state index contributed by atoms with van der Waals surface area (Å²) in [7, 11) is 0. The third-order valence-corrected chi connectivity index (χ3v) is 1.36. The Balaban J connectivity index is 3.16. The summed E-state index contributed by atoms with van der Waals surface area (Å²) >= 11 is 0. The smallest absolute Gasteiger partial charge is 0.182 e. The molecule has 0 unspecified atom stereocenters. The van der Waals surface area contributed by atoms with Crippen molar-refractivity contribution in [3.63, 3.8) is 0 Å². The Hall–Kier alpha value is -1.31. The van der Waals surface area contributed by atoms with Crippen molar-refractivity contribution in [1.82, 2.24) is 4.98 Å². The van der Waals surface area contributed by atoms with Crippen molar-refractivity contribution < 1.29 is 4.42 Å². The number of hydrogen-bond acceptors (Lipinski definition) is 2. The van der Waals surface area contributed by atoms with Crippen LogP contribution in [0.3, 0.4) is 0 Å². The Bertz CT molecular complexity index is 268. The van der Waals surface area contributed by atoms with E-state index in [2.05, 4.69) is 18.1 Å².